The van der Waals surface area contributed by atoms with Crippen molar-refractivity contribution in [2.24, 2.45) is 5.41 Å². The summed E-state index contributed by atoms with van der Waals surface area (Å²) in [7, 11) is 0. The van der Waals surface area contributed by atoms with E-state index in [4.69, 9.17) is 10.2 Å². The van der Waals surface area contributed by atoms with Gasteiger partial charge in [-0.1, -0.05) is 20.8 Å². The Morgan fingerprint density at radius 3 is 2.25 bits per heavy atom. The van der Waals surface area contributed by atoms with Gasteiger partial charge in [0.25, 0.3) is 0 Å². The lowest BCUT2D eigenvalue weighted by atomic mass is 9.89. The number of carboxylic acid groups (broad SMARTS) is 1. The molecule has 0 bridgehead atoms. The van der Waals surface area contributed by atoms with E-state index in [0.29, 0.717) is 6.42 Å². The first kappa shape index (κ1) is 11.4. The second kappa shape index (κ2) is 4.45. The summed E-state index contributed by atoms with van der Waals surface area (Å²) in [6.07, 6.45) is 0.869. The van der Waals surface area contributed by atoms with Gasteiger partial charge in [0.2, 0.25) is 0 Å². The fraction of sp³-hybridized carbons (Fsp3) is 0.889. The minimum Gasteiger partial charge on any atom is -0.479 e. The van der Waals surface area contributed by atoms with Crippen LogP contribution in [0.1, 0.15) is 40.0 Å². The van der Waals surface area contributed by atoms with Crippen molar-refractivity contribution in [3.8, 4) is 0 Å². The van der Waals surface area contributed by atoms with Gasteiger partial charge in [-0.05, 0) is 24.7 Å². The third kappa shape index (κ3) is 6.16. The minimum atomic E-state index is -1.19. The molecule has 72 valence electrons. The Kier molecular flexibility index (Phi) is 4.24. The predicted molar refractivity (Wildman–Crippen MR) is 46.9 cm³/mol. The van der Waals surface area contributed by atoms with Gasteiger partial charge in [0, 0.05) is 0 Å². The molecule has 0 fully saturated rings. The Balaban J connectivity index is 3.51. The number of carbonyl (C=O) groups is 1. The molecule has 12 heavy (non-hydrogen) atoms. The summed E-state index contributed by atoms with van der Waals surface area (Å²) in [4.78, 5) is 10.2. The van der Waals surface area contributed by atoms with E-state index in [-0.39, 0.29) is 5.41 Å². The molecule has 0 saturated carbocycles. The highest BCUT2D eigenvalue weighted by Gasteiger charge is 2.15. The lowest BCUT2D eigenvalue weighted by molar-refractivity contribution is -0.147. The molecule has 0 radical (unpaired) electrons. The summed E-state index contributed by atoms with van der Waals surface area (Å²) in [6.45, 7) is 6.29. The molecular weight excluding hydrogens is 156 g/mol. The van der Waals surface area contributed by atoms with Crippen molar-refractivity contribution < 1.29 is 15.0 Å². The second-order valence-electron chi connectivity index (χ2n) is 4.31. The SMILES string of the molecule is CC(C)(C)CCCC(O)C(=O)O. The number of aliphatic hydroxyl groups excluding tert-OH is 1. The molecule has 1 atom stereocenters. The van der Waals surface area contributed by atoms with Crippen LogP contribution in [-0.4, -0.2) is 22.3 Å². The summed E-state index contributed by atoms with van der Waals surface area (Å²) in [6, 6.07) is 0. The van der Waals surface area contributed by atoms with Gasteiger partial charge in [0.15, 0.2) is 6.10 Å². The molecule has 0 amide bonds. The van der Waals surface area contributed by atoms with Gasteiger partial charge >= 0.3 is 5.97 Å². The molecule has 0 heterocycles. The molecule has 3 heteroatoms. The van der Waals surface area contributed by atoms with E-state index in [2.05, 4.69) is 20.8 Å². The number of hydrogen-bond acceptors (Lipinski definition) is 2. The van der Waals surface area contributed by atoms with Crippen LogP contribution in [0.15, 0.2) is 0 Å². The van der Waals surface area contributed by atoms with Crippen molar-refractivity contribution in [2.75, 3.05) is 0 Å². The predicted octanol–water partition coefficient (Wildman–Crippen LogP) is 1.65. The van der Waals surface area contributed by atoms with E-state index in [1.165, 1.54) is 0 Å². The molecule has 0 saturated heterocycles. The highest BCUT2D eigenvalue weighted by molar-refractivity contribution is 5.71. The number of aliphatic hydroxyl groups is 1. The molecule has 3 nitrogen and oxygen atoms in total. The monoisotopic (exact) mass is 174 g/mol. The van der Waals surface area contributed by atoms with Gasteiger partial charge in [-0.2, -0.15) is 0 Å². The molecule has 0 aliphatic rings. The molecule has 1 unspecified atom stereocenters. The molecule has 0 aromatic heterocycles. The standard InChI is InChI=1S/C9H18O3/c1-9(2,3)6-4-5-7(10)8(11)12/h7,10H,4-6H2,1-3H3,(H,11,12). The third-order valence-electron chi connectivity index (χ3n) is 1.69. The van der Waals surface area contributed by atoms with Crippen LogP contribution in [0.25, 0.3) is 0 Å². The van der Waals surface area contributed by atoms with Gasteiger partial charge in [0.05, 0.1) is 0 Å². The van der Waals surface area contributed by atoms with E-state index >= 15 is 0 Å². The van der Waals surface area contributed by atoms with Gasteiger partial charge in [-0.15, -0.1) is 0 Å². The fourth-order valence-corrected chi connectivity index (χ4v) is 0.949. The lowest BCUT2D eigenvalue weighted by Crippen LogP contribution is -2.19. The van der Waals surface area contributed by atoms with Gasteiger partial charge in [-0.3, -0.25) is 0 Å². The Morgan fingerprint density at radius 1 is 1.42 bits per heavy atom. The highest BCUT2D eigenvalue weighted by Crippen LogP contribution is 2.21. The van der Waals surface area contributed by atoms with E-state index in [0.717, 1.165) is 12.8 Å². The quantitative estimate of drug-likeness (QED) is 0.681. The van der Waals surface area contributed by atoms with Gasteiger partial charge < -0.3 is 10.2 Å². The zero-order chi connectivity index (χ0) is 9.78. The summed E-state index contributed by atoms with van der Waals surface area (Å²) in [5.74, 6) is -1.12. The molecule has 2 N–H and O–H groups in total. The van der Waals surface area contributed by atoms with Crippen LogP contribution in [0, 0.1) is 5.41 Å². The molecule has 0 aromatic rings. The van der Waals surface area contributed by atoms with E-state index in [9.17, 15) is 4.79 Å². The average molecular weight is 174 g/mol. The minimum absolute atomic E-state index is 0.220. The van der Waals surface area contributed by atoms with Crippen LogP contribution in [0.5, 0.6) is 0 Å². The van der Waals surface area contributed by atoms with E-state index in [1.807, 2.05) is 0 Å². The number of rotatable bonds is 4. The molecule has 0 aliphatic heterocycles. The van der Waals surface area contributed by atoms with Crippen LogP contribution >= 0.6 is 0 Å². The largest absolute Gasteiger partial charge is 0.479 e. The number of carboxylic acids is 1. The first-order valence-corrected chi connectivity index (χ1v) is 4.24. The lowest BCUT2D eigenvalue weighted by Gasteiger charge is -2.17. The zero-order valence-corrected chi connectivity index (χ0v) is 8.00. The van der Waals surface area contributed by atoms with E-state index < -0.39 is 12.1 Å². The highest BCUT2D eigenvalue weighted by atomic mass is 16.4. The summed E-state index contributed by atoms with van der Waals surface area (Å²) >= 11 is 0. The third-order valence-corrected chi connectivity index (χ3v) is 1.69. The van der Waals surface area contributed by atoms with Crippen molar-refractivity contribution in [3.05, 3.63) is 0 Å². The van der Waals surface area contributed by atoms with E-state index in [1.54, 1.807) is 0 Å². The zero-order valence-electron chi connectivity index (χ0n) is 8.00. The van der Waals surface area contributed by atoms with Gasteiger partial charge in [0.1, 0.15) is 0 Å². The molecule has 0 rings (SSSR count). The number of hydrogen-bond donors (Lipinski definition) is 2. The topological polar surface area (TPSA) is 57.5 Å². The van der Waals surface area contributed by atoms with Crippen LogP contribution in [0.4, 0.5) is 0 Å². The summed E-state index contributed by atoms with van der Waals surface area (Å²) in [5, 5.41) is 17.3. The molecule has 0 aromatic carbocycles. The van der Waals surface area contributed by atoms with Crippen molar-refractivity contribution in [1.29, 1.82) is 0 Å². The molecule has 0 aliphatic carbocycles. The maximum Gasteiger partial charge on any atom is 0.332 e. The molecule has 0 spiro atoms. The molecular formula is C9H18O3. The number of aliphatic carboxylic acids is 1. The van der Waals surface area contributed by atoms with Gasteiger partial charge in [-0.25, -0.2) is 4.79 Å². The maximum atomic E-state index is 10.2. The first-order valence-electron chi connectivity index (χ1n) is 4.24. The smallest absolute Gasteiger partial charge is 0.332 e. The Morgan fingerprint density at radius 2 is 1.92 bits per heavy atom. The van der Waals surface area contributed by atoms with Crippen molar-refractivity contribution >= 4 is 5.97 Å². The Hall–Kier alpha value is -0.570. The van der Waals surface area contributed by atoms with Crippen molar-refractivity contribution in [3.63, 3.8) is 0 Å². The summed E-state index contributed by atoms with van der Waals surface area (Å²) < 4.78 is 0. The van der Waals surface area contributed by atoms with Crippen LogP contribution in [0.3, 0.4) is 0 Å². The second-order valence-corrected chi connectivity index (χ2v) is 4.31. The first-order chi connectivity index (χ1) is 5.33. The van der Waals surface area contributed by atoms with Crippen molar-refractivity contribution in [2.45, 2.75) is 46.1 Å². The fourth-order valence-electron chi connectivity index (χ4n) is 0.949. The van der Waals surface area contributed by atoms with Crippen LogP contribution < -0.4 is 0 Å². The Bertz CT molecular complexity index is 146. The summed E-state index contributed by atoms with van der Waals surface area (Å²) in [5.41, 5.74) is 0.220. The normalized spacial score (nSPS) is 14.3. The Labute approximate surface area is 73.4 Å². The van der Waals surface area contributed by atoms with Crippen LogP contribution in [-0.2, 0) is 4.79 Å². The van der Waals surface area contributed by atoms with Crippen LogP contribution in [0.2, 0.25) is 0 Å². The van der Waals surface area contributed by atoms with Crippen molar-refractivity contribution in [1.82, 2.24) is 0 Å². The maximum absolute atomic E-state index is 10.2. The average Bonchev–Trinajstić information content (AvgIpc) is 1.84.